The molecule has 2 fully saturated rings. The molecule has 5 nitrogen and oxygen atoms in total. The van der Waals surface area contributed by atoms with Gasteiger partial charge < -0.3 is 10.2 Å². The van der Waals surface area contributed by atoms with E-state index in [1.54, 1.807) is 12.1 Å². The van der Waals surface area contributed by atoms with Gasteiger partial charge in [0.25, 0.3) is 5.69 Å². The Hall–Kier alpha value is -1.14. The SMILES string of the molecule is O=[N+]([O-])c1ccc(Br)cc1N(CC1CCCCN1)C1CC1. The minimum atomic E-state index is -0.272. The molecule has 0 aromatic heterocycles. The van der Waals surface area contributed by atoms with Gasteiger partial charge in [0.1, 0.15) is 5.69 Å². The van der Waals surface area contributed by atoms with Crippen molar-refractivity contribution in [3.8, 4) is 0 Å². The lowest BCUT2D eigenvalue weighted by atomic mass is 10.0. The summed E-state index contributed by atoms with van der Waals surface area (Å²) in [7, 11) is 0. The number of rotatable bonds is 5. The number of piperidine rings is 1. The number of nitro benzene ring substituents is 1. The van der Waals surface area contributed by atoms with Crippen LogP contribution in [0.4, 0.5) is 11.4 Å². The fourth-order valence-corrected chi connectivity index (χ4v) is 3.38. The number of hydrogen-bond donors (Lipinski definition) is 1. The van der Waals surface area contributed by atoms with Gasteiger partial charge in [-0.05, 0) is 44.4 Å². The van der Waals surface area contributed by atoms with E-state index in [4.69, 9.17) is 0 Å². The summed E-state index contributed by atoms with van der Waals surface area (Å²) in [6.07, 6.45) is 5.91. The predicted octanol–water partition coefficient (Wildman–Crippen LogP) is 3.47. The summed E-state index contributed by atoms with van der Waals surface area (Å²) in [5, 5.41) is 14.9. The first-order valence-electron chi connectivity index (χ1n) is 7.59. The first-order chi connectivity index (χ1) is 10.1. The summed E-state index contributed by atoms with van der Waals surface area (Å²) in [6.45, 7) is 1.92. The Bertz CT molecular complexity index is 528. The molecule has 21 heavy (non-hydrogen) atoms. The minimum absolute atomic E-state index is 0.209. The van der Waals surface area contributed by atoms with E-state index in [1.807, 2.05) is 6.07 Å². The molecule has 0 amide bonds. The van der Waals surface area contributed by atoms with Crippen LogP contribution >= 0.6 is 15.9 Å². The maximum atomic E-state index is 11.3. The molecule has 1 N–H and O–H groups in total. The second kappa shape index (κ2) is 6.32. The van der Waals surface area contributed by atoms with Crippen molar-refractivity contribution in [3.05, 3.63) is 32.8 Å². The maximum absolute atomic E-state index is 11.3. The fraction of sp³-hybridized carbons (Fsp3) is 0.600. The summed E-state index contributed by atoms with van der Waals surface area (Å²) in [4.78, 5) is 13.3. The van der Waals surface area contributed by atoms with Gasteiger partial charge in [0.15, 0.2) is 0 Å². The Balaban J connectivity index is 1.86. The van der Waals surface area contributed by atoms with Crippen LogP contribution in [0.2, 0.25) is 0 Å². The zero-order valence-corrected chi connectivity index (χ0v) is 13.5. The summed E-state index contributed by atoms with van der Waals surface area (Å²) < 4.78 is 0.894. The molecule has 0 bridgehead atoms. The molecule has 1 atom stereocenters. The van der Waals surface area contributed by atoms with Gasteiger partial charge in [-0.1, -0.05) is 22.4 Å². The van der Waals surface area contributed by atoms with Crippen LogP contribution in [0.5, 0.6) is 0 Å². The molecule has 3 rings (SSSR count). The van der Waals surface area contributed by atoms with Crippen molar-refractivity contribution in [1.82, 2.24) is 5.32 Å². The molecule has 1 aliphatic carbocycles. The third-order valence-corrected chi connectivity index (χ3v) is 4.75. The van der Waals surface area contributed by atoms with E-state index in [9.17, 15) is 10.1 Å². The second-order valence-electron chi connectivity index (χ2n) is 5.92. The number of benzene rings is 1. The number of nitrogens with zero attached hydrogens (tertiary/aromatic N) is 2. The molecule has 114 valence electrons. The van der Waals surface area contributed by atoms with E-state index in [0.717, 1.165) is 42.5 Å². The Morgan fingerprint density at radius 2 is 2.14 bits per heavy atom. The standard InChI is InChI=1S/C15H20BrN3O2/c16-11-4-7-14(19(20)21)15(9-11)18(13-5-6-13)10-12-3-1-2-8-17-12/h4,7,9,12-13,17H,1-3,5-6,8,10H2. The zero-order valence-electron chi connectivity index (χ0n) is 11.9. The van der Waals surface area contributed by atoms with Crippen molar-refractivity contribution in [1.29, 1.82) is 0 Å². The first kappa shape index (κ1) is 14.8. The highest BCUT2D eigenvalue weighted by atomic mass is 79.9. The third-order valence-electron chi connectivity index (χ3n) is 4.26. The average Bonchev–Trinajstić information content (AvgIpc) is 3.30. The first-order valence-corrected chi connectivity index (χ1v) is 8.38. The van der Waals surface area contributed by atoms with E-state index in [1.165, 1.54) is 12.8 Å². The van der Waals surface area contributed by atoms with Crippen LogP contribution < -0.4 is 10.2 Å². The van der Waals surface area contributed by atoms with Gasteiger partial charge in [0.05, 0.1) is 4.92 Å². The molecular formula is C15H20BrN3O2. The lowest BCUT2D eigenvalue weighted by Crippen LogP contribution is -2.44. The van der Waals surface area contributed by atoms with Crippen molar-refractivity contribution in [2.45, 2.75) is 44.2 Å². The van der Waals surface area contributed by atoms with E-state index < -0.39 is 0 Å². The van der Waals surface area contributed by atoms with E-state index >= 15 is 0 Å². The van der Waals surface area contributed by atoms with E-state index in [-0.39, 0.29) is 10.6 Å². The normalized spacial score (nSPS) is 22.0. The van der Waals surface area contributed by atoms with Crippen molar-refractivity contribution in [3.63, 3.8) is 0 Å². The smallest absolute Gasteiger partial charge is 0.292 e. The zero-order chi connectivity index (χ0) is 14.8. The van der Waals surface area contributed by atoms with Crippen molar-refractivity contribution >= 4 is 27.3 Å². The highest BCUT2D eigenvalue weighted by Gasteiger charge is 2.34. The molecule has 0 spiro atoms. The van der Waals surface area contributed by atoms with E-state index in [0.29, 0.717) is 12.1 Å². The molecule has 1 aliphatic heterocycles. The molecule has 1 unspecified atom stereocenters. The Morgan fingerprint density at radius 3 is 2.76 bits per heavy atom. The topological polar surface area (TPSA) is 58.4 Å². The third kappa shape index (κ3) is 3.55. The number of anilines is 1. The monoisotopic (exact) mass is 353 g/mol. The van der Waals surface area contributed by atoms with Crippen molar-refractivity contribution < 1.29 is 4.92 Å². The molecule has 1 aromatic carbocycles. The summed E-state index contributed by atoms with van der Waals surface area (Å²) in [6, 6.07) is 6.13. The molecule has 2 aliphatic rings. The predicted molar refractivity (Wildman–Crippen MR) is 86.8 cm³/mol. The van der Waals surface area contributed by atoms with Crippen LogP contribution in [-0.2, 0) is 0 Å². The van der Waals surface area contributed by atoms with Gasteiger partial charge in [-0.15, -0.1) is 0 Å². The minimum Gasteiger partial charge on any atom is -0.361 e. The van der Waals surface area contributed by atoms with E-state index in [2.05, 4.69) is 26.1 Å². The van der Waals surface area contributed by atoms with Gasteiger partial charge in [0, 0.05) is 29.2 Å². The van der Waals surface area contributed by atoms with Crippen LogP contribution in [0.25, 0.3) is 0 Å². The van der Waals surface area contributed by atoms with Crippen LogP contribution in [0.15, 0.2) is 22.7 Å². The Morgan fingerprint density at radius 1 is 1.33 bits per heavy atom. The molecule has 1 heterocycles. The molecule has 0 radical (unpaired) electrons. The number of nitro groups is 1. The van der Waals surface area contributed by atoms with Gasteiger partial charge >= 0.3 is 0 Å². The number of nitrogens with one attached hydrogen (secondary N) is 1. The lowest BCUT2D eigenvalue weighted by Gasteiger charge is -2.32. The van der Waals surface area contributed by atoms with Gasteiger partial charge in [-0.2, -0.15) is 0 Å². The quantitative estimate of drug-likeness (QED) is 0.650. The summed E-state index contributed by atoms with van der Waals surface area (Å²) in [5.41, 5.74) is 0.963. The second-order valence-corrected chi connectivity index (χ2v) is 6.84. The highest BCUT2D eigenvalue weighted by molar-refractivity contribution is 9.10. The Kier molecular flexibility index (Phi) is 4.45. The molecule has 1 saturated heterocycles. The van der Waals surface area contributed by atoms with Gasteiger partial charge in [-0.3, -0.25) is 10.1 Å². The van der Waals surface area contributed by atoms with Crippen LogP contribution in [-0.4, -0.2) is 30.1 Å². The van der Waals surface area contributed by atoms with Crippen LogP contribution in [0.3, 0.4) is 0 Å². The number of halogens is 1. The van der Waals surface area contributed by atoms with Gasteiger partial charge in [0.2, 0.25) is 0 Å². The molecule has 1 saturated carbocycles. The van der Waals surface area contributed by atoms with Crippen molar-refractivity contribution in [2.75, 3.05) is 18.0 Å². The Labute approximate surface area is 133 Å². The number of hydrogen-bond acceptors (Lipinski definition) is 4. The van der Waals surface area contributed by atoms with Crippen LogP contribution in [0, 0.1) is 10.1 Å². The average molecular weight is 354 g/mol. The van der Waals surface area contributed by atoms with Gasteiger partial charge in [-0.25, -0.2) is 0 Å². The molecule has 6 heteroatoms. The lowest BCUT2D eigenvalue weighted by molar-refractivity contribution is -0.384. The van der Waals surface area contributed by atoms with Crippen LogP contribution in [0.1, 0.15) is 32.1 Å². The molecule has 1 aromatic rings. The molecular weight excluding hydrogens is 334 g/mol. The summed E-state index contributed by atoms with van der Waals surface area (Å²) in [5.74, 6) is 0. The maximum Gasteiger partial charge on any atom is 0.292 e. The highest BCUT2D eigenvalue weighted by Crippen LogP contribution is 2.38. The van der Waals surface area contributed by atoms with Crippen molar-refractivity contribution in [2.24, 2.45) is 0 Å². The summed E-state index contributed by atoms with van der Waals surface area (Å²) >= 11 is 3.44. The fourth-order valence-electron chi connectivity index (χ4n) is 3.03. The largest absolute Gasteiger partial charge is 0.361 e.